The van der Waals surface area contributed by atoms with Crippen LogP contribution in [0, 0.1) is 6.92 Å². The number of aromatic nitrogens is 2. The van der Waals surface area contributed by atoms with E-state index < -0.39 is 11.7 Å². The second-order valence-corrected chi connectivity index (χ2v) is 12.0. The average Bonchev–Trinajstić information content (AvgIpc) is 3.04. The monoisotopic (exact) mass is 620 g/mol. The van der Waals surface area contributed by atoms with E-state index in [1.54, 1.807) is 7.11 Å². The number of piperidine rings is 1. The SMILES string of the molecule is COc1nnc(C(=O)N2CCC(N[C@H]3CCOC[C@H]3OC)CC2)c(C)c1CC[C@H]1CCC[C@@H](c2ccc(C(F)(F)F)cc2)O1. The van der Waals surface area contributed by atoms with Gasteiger partial charge in [-0.1, -0.05) is 12.1 Å². The Morgan fingerprint density at radius 2 is 1.82 bits per heavy atom. The summed E-state index contributed by atoms with van der Waals surface area (Å²) in [6.45, 7) is 4.45. The van der Waals surface area contributed by atoms with Gasteiger partial charge >= 0.3 is 6.18 Å². The third-order valence-corrected chi connectivity index (χ3v) is 9.22. The number of alkyl halides is 3. The lowest BCUT2D eigenvalue weighted by molar-refractivity contribution is -0.137. The Kier molecular flexibility index (Phi) is 10.8. The van der Waals surface area contributed by atoms with E-state index in [2.05, 4.69) is 15.5 Å². The van der Waals surface area contributed by atoms with Crippen LogP contribution in [0.3, 0.4) is 0 Å². The third-order valence-electron chi connectivity index (χ3n) is 9.22. The van der Waals surface area contributed by atoms with Crippen molar-refractivity contribution in [2.24, 2.45) is 0 Å². The number of hydrogen-bond acceptors (Lipinski definition) is 8. The van der Waals surface area contributed by atoms with Gasteiger partial charge in [0, 0.05) is 44.5 Å². The van der Waals surface area contributed by atoms with Crippen molar-refractivity contribution in [1.29, 1.82) is 0 Å². The first-order chi connectivity index (χ1) is 21.2. The summed E-state index contributed by atoms with van der Waals surface area (Å²) in [7, 11) is 3.25. The van der Waals surface area contributed by atoms with Gasteiger partial charge in [-0.3, -0.25) is 4.79 Å². The lowest BCUT2D eigenvalue weighted by Crippen LogP contribution is -2.54. The first-order valence-electron chi connectivity index (χ1n) is 15.6. The summed E-state index contributed by atoms with van der Waals surface area (Å²) < 4.78 is 62.0. The van der Waals surface area contributed by atoms with Crippen LogP contribution in [-0.4, -0.2) is 85.8 Å². The molecule has 1 amide bonds. The van der Waals surface area contributed by atoms with Crippen LogP contribution in [0.15, 0.2) is 24.3 Å². The number of nitrogens with one attached hydrogen (secondary N) is 1. The van der Waals surface area contributed by atoms with Crippen molar-refractivity contribution in [1.82, 2.24) is 20.4 Å². The molecule has 2 aromatic rings. The maximum atomic E-state index is 13.6. The molecule has 3 saturated heterocycles. The van der Waals surface area contributed by atoms with Gasteiger partial charge in [0.15, 0.2) is 5.69 Å². The first-order valence-corrected chi connectivity index (χ1v) is 15.6. The predicted octanol–water partition coefficient (Wildman–Crippen LogP) is 5.05. The highest BCUT2D eigenvalue weighted by molar-refractivity contribution is 5.94. The number of benzene rings is 1. The van der Waals surface area contributed by atoms with Crippen LogP contribution in [0.2, 0.25) is 0 Å². The van der Waals surface area contributed by atoms with E-state index in [0.717, 1.165) is 74.0 Å². The minimum absolute atomic E-state index is 0.0359. The minimum Gasteiger partial charge on any atom is -0.480 e. The van der Waals surface area contributed by atoms with Crippen LogP contribution in [0.25, 0.3) is 0 Å². The largest absolute Gasteiger partial charge is 0.480 e. The molecule has 12 heteroatoms. The molecular weight excluding hydrogens is 577 g/mol. The van der Waals surface area contributed by atoms with Crippen LogP contribution < -0.4 is 10.1 Å². The van der Waals surface area contributed by atoms with Crippen molar-refractivity contribution in [3.8, 4) is 5.88 Å². The van der Waals surface area contributed by atoms with Crippen LogP contribution in [0.4, 0.5) is 13.2 Å². The Bertz CT molecular complexity index is 1250. The van der Waals surface area contributed by atoms with Gasteiger partial charge in [0.05, 0.1) is 37.6 Å². The molecule has 3 aliphatic rings. The average molecular weight is 621 g/mol. The van der Waals surface area contributed by atoms with Gasteiger partial charge < -0.3 is 29.2 Å². The van der Waals surface area contributed by atoms with Gasteiger partial charge in [0.25, 0.3) is 5.91 Å². The van der Waals surface area contributed by atoms with Gasteiger partial charge in [-0.05, 0) is 81.5 Å². The molecule has 1 N–H and O–H groups in total. The zero-order valence-corrected chi connectivity index (χ0v) is 25.7. The number of methoxy groups -OCH3 is 2. The topological polar surface area (TPSA) is 95.0 Å². The molecule has 0 saturated carbocycles. The lowest BCUT2D eigenvalue weighted by atomic mass is 9.94. The zero-order chi connectivity index (χ0) is 31.3. The standard InChI is InChI=1S/C32H43F3N4O5/c1-20-25(12-11-24-5-4-6-27(44-24)21-7-9-22(10-8-21)32(33,34)35)30(42-3)38-37-29(20)31(40)39-16-13-23(14-17-39)36-26-15-18-43-19-28(26)41-2/h7-10,23-24,26-28,36H,4-6,11-19H2,1-3H3/t24-,26+,27+,28-/m1/s1. The lowest BCUT2D eigenvalue weighted by Gasteiger charge is -2.38. The van der Waals surface area contributed by atoms with Crippen molar-refractivity contribution < 1.29 is 36.9 Å². The highest BCUT2D eigenvalue weighted by atomic mass is 19.4. The van der Waals surface area contributed by atoms with E-state index in [9.17, 15) is 18.0 Å². The van der Waals surface area contributed by atoms with Crippen molar-refractivity contribution in [2.75, 3.05) is 40.5 Å². The van der Waals surface area contributed by atoms with E-state index in [-0.39, 0.29) is 30.3 Å². The number of likely N-dealkylation sites (tertiary alicyclic amines) is 1. The summed E-state index contributed by atoms with van der Waals surface area (Å²) in [4.78, 5) is 15.4. The number of halogens is 3. The fourth-order valence-electron chi connectivity index (χ4n) is 6.58. The van der Waals surface area contributed by atoms with Gasteiger partial charge in [0.2, 0.25) is 5.88 Å². The molecule has 0 aliphatic carbocycles. The molecule has 242 valence electrons. The Labute approximate surface area is 256 Å². The Morgan fingerprint density at radius 3 is 2.50 bits per heavy atom. The molecular formula is C32H43F3N4O5. The van der Waals surface area contributed by atoms with Gasteiger partial charge in [-0.2, -0.15) is 13.2 Å². The molecule has 9 nitrogen and oxygen atoms in total. The molecule has 0 bridgehead atoms. The van der Waals surface area contributed by atoms with Crippen LogP contribution in [-0.2, 0) is 26.8 Å². The number of carbonyl (C=O) groups excluding carboxylic acids is 1. The van der Waals surface area contributed by atoms with E-state index in [1.165, 1.54) is 19.2 Å². The Balaban J connectivity index is 1.18. The summed E-state index contributed by atoms with van der Waals surface area (Å²) in [6.07, 6.45) is 1.69. The molecule has 44 heavy (non-hydrogen) atoms. The van der Waals surface area contributed by atoms with Gasteiger partial charge in [-0.15, -0.1) is 10.2 Å². The quantitative estimate of drug-likeness (QED) is 0.416. The Morgan fingerprint density at radius 1 is 1.07 bits per heavy atom. The number of ether oxygens (including phenoxy) is 4. The molecule has 4 heterocycles. The number of hydrogen-bond donors (Lipinski definition) is 1. The number of carbonyl (C=O) groups is 1. The van der Waals surface area contributed by atoms with Crippen molar-refractivity contribution in [3.05, 3.63) is 52.2 Å². The third kappa shape index (κ3) is 7.70. The van der Waals surface area contributed by atoms with E-state index >= 15 is 0 Å². The fourth-order valence-corrected chi connectivity index (χ4v) is 6.58. The summed E-state index contributed by atoms with van der Waals surface area (Å²) in [5.74, 6) is 0.260. The molecule has 0 spiro atoms. The molecule has 0 unspecified atom stereocenters. The van der Waals surface area contributed by atoms with Gasteiger partial charge in [0.1, 0.15) is 0 Å². The van der Waals surface area contributed by atoms with Crippen molar-refractivity contribution in [3.63, 3.8) is 0 Å². The van der Waals surface area contributed by atoms with Crippen molar-refractivity contribution >= 4 is 5.91 Å². The minimum atomic E-state index is -4.36. The predicted molar refractivity (Wildman–Crippen MR) is 157 cm³/mol. The van der Waals surface area contributed by atoms with Gasteiger partial charge in [-0.25, -0.2) is 0 Å². The van der Waals surface area contributed by atoms with E-state index in [1.807, 2.05) is 11.8 Å². The first kappa shape index (κ1) is 32.6. The fraction of sp³-hybridized carbons (Fsp3) is 0.656. The molecule has 3 fully saturated rings. The molecule has 0 radical (unpaired) electrons. The highest BCUT2D eigenvalue weighted by Crippen LogP contribution is 2.36. The molecule has 1 aromatic heterocycles. The molecule has 4 atom stereocenters. The highest BCUT2D eigenvalue weighted by Gasteiger charge is 2.33. The summed E-state index contributed by atoms with van der Waals surface area (Å²) >= 11 is 0. The summed E-state index contributed by atoms with van der Waals surface area (Å²) in [5, 5.41) is 12.2. The van der Waals surface area contributed by atoms with Crippen LogP contribution in [0.5, 0.6) is 5.88 Å². The second kappa shape index (κ2) is 14.5. The summed E-state index contributed by atoms with van der Waals surface area (Å²) in [6, 6.07) is 5.79. The molecule has 1 aromatic carbocycles. The normalized spacial score (nSPS) is 25.2. The number of nitrogens with zero attached hydrogens (tertiary/aromatic N) is 3. The summed E-state index contributed by atoms with van der Waals surface area (Å²) in [5.41, 5.74) is 2.00. The van der Waals surface area contributed by atoms with Crippen LogP contribution >= 0.6 is 0 Å². The maximum Gasteiger partial charge on any atom is 0.416 e. The molecule has 5 rings (SSSR count). The molecule has 3 aliphatic heterocycles. The zero-order valence-electron chi connectivity index (χ0n) is 25.7. The smallest absolute Gasteiger partial charge is 0.416 e. The van der Waals surface area contributed by atoms with Crippen molar-refractivity contribution in [2.45, 2.75) is 94.9 Å². The Hall–Kier alpha value is -2.80. The van der Waals surface area contributed by atoms with E-state index in [0.29, 0.717) is 50.2 Å². The number of amides is 1. The number of rotatable bonds is 9. The maximum absolute atomic E-state index is 13.6. The van der Waals surface area contributed by atoms with Crippen LogP contribution in [0.1, 0.15) is 83.8 Å². The second-order valence-electron chi connectivity index (χ2n) is 12.0. The van der Waals surface area contributed by atoms with E-state index in [4.69, 9.17) is 18.9 Å².